The van der Waals surface area contributed by atoms with Crippen molar-refractivity contribution in [2.45, 2.75) is 0 Å². The highest BCUT2D eigenvalue weighted by atomic mass is 19.1. The summed E-state index contributed by atoms with van der Waals surface area (Å²) in [6, 6.07) is 4.41. The molecule has 2 aromatic rings. The molecule has 0 aliphatic heterocycles. The molecule has 0 saturated heterocycles. The zero-order valence-corrected chi connectivity index (χ0v) is 10.8. The van der Waals surface area contributed by atoms with E-state index in [4.69, 9.17) is 0 Å². The molecule has 6 nitrogen and oxygen atoms in total. The molecular weight excluding hydrogens is 284 g/mol. The predicted molar refractivity (Wildman–Crippen MR) is 70.0 cm³/mol. The van der Waals surface area contributed by atoms with Gasteiger partial charge in [0.05, 0.1) is 16.8 Å². The number of hydrogen-bond donors (Lipinski definition) is 0. The minimum Gasteiger partial charge on any atom is -0.310 e. The van der Waals surface area contributed by atoms with Gasteiger partial charge in [0, 0.05) is 19.3 Å². The molecule has 0 aliphatic rings. The van der Waals surface area contributed by atoms with Gasteiger partial charge in [0.25, 0.3) is 5.91 Å². The van der Waals surface area contributed by atoms with Crippen molar-refractivity contribution in [3.63, 3.8) is 0 Å². The van der Waals surface area contributed by atoms with Crippen LogP contribution < -0.4 is 4.90 Å². The molecule has 0 atom stereocenters. The lowest BCUT2D eigenvalue weighted by Crippen LogP contribution is -2.28. The van der Waals surface area contributed by atoms with Gasteiger partial charge in [0.2, 0.25) is 5.82 Å². The molecule has 8 heteroatoms. The Hall–Kier alpha value is -2.90. The quantitative estimate of drug-likeness (QED) is 0.643. The second kappa shape index (κ2) is 5.61. The maximum Gasteiger partial charge on any atom is 0.305 e. The summed E-state index contributed by atoms with van der Waals surface area (Å²) in [4.78, 5) is 26.5. The van der Waals surface area contributed by atoms with E-state index in [0.717, 1.165) is 4.90 Å². The van der Waals surface area contributed by atoms with Crippen LogP contribution >= 0.6 is 0 Å². The van der Waals surface area contributed by atoms with E-state index in [9.17, 15) is 23.7 Å². The highest BCUT2D eigenvalue weighted by molar-refractivity contribution is 6.06. The van der Waals surface area contributed by atoms with E-state index >= 15 is 0 Å². The molecule has 1 aromatic heterocycles. The first kappa shape index (κ1) is 14.5. The van der Waals surface area contributed by atoms with Crippen LogP contribution in [-0.2, 0) is 0 Å². The smallest absolute Gasteiger partial charge is 0.305 e. The summed E-state index contributed by atoms with van der Waals surface area (Å²) in [7, 11) is 1.29. The van der Waals surface area contributed by atoms with Crippen molar-refractivity contribution in [3.05, 3.63) is 64.0 Å². The Balaban J connectivity index is 2.49. The second-order valence-electron chi connectivity index (χ2n) is 4.09. The normalized spacial score (nSPS) is 10.2. The van der Waals surface area contributed by atoms with E-state index < -0.39 is 33.7 Å². The van der Waals surface area contributed by atoms with Crippen LogP contribution in [0.5, 0.6) is 0 Å². The number of anilines is 1. The van der Waals surface area contributed by atoms with Crippen molar-refractivity contribution in [2.24, 2.45) is 0 Å². The van der Waals surface area contributed by atoms with Crippen LogP contribution in [0.1, 0.15) is 10.4 Å². The average molecular weight is 293 g/mol. The molecule has 108 valence electrons. The molecule has 0 aliphatic carbocycles. The minimum absolute atomic E-state index is 0.299. The number of carbonyl (C=O) groups excluding carboxylic acids is 1. The van der Waals surface area contributed by atoms with Crippen LogP contribution in [0.4, 0.5) is 20.2 Å². The van der Waals surface area contributed by atoms with Gasteiger partial charge in [-0.2, -0.15) is 4.39 Å². The first-order valence-electron chi connectivity index (χ1n) is 5.74. The topological polar surface area (TPSA) is 76.3 Å². The molecule has 0 bridgehead atoms. The molecule has 0 radical (unpaired) electrons. The molecule has 0 fully saturated rings. The largest absolute Gasteiger partial charge is 0.310 e. The van der Waals surface area contributed by atoms with Gasteiger partial charge in [-0.25, -0.2) is 4.39 Å². The van der Waals surface area contributed by atoms with Gasteiger partial charge in [-0.05, 0) is 18.2 Å². The number of carbonyl (C=O) groups is 1. The molecule has 21 heavy (non-hydrogen) atoms. The van der Waals surface area contributed by atoms with Gasteiger partial charge in [0.1, 0.15) is 11.4 Å². The molecule has 1 heterocycles. The Morgan fingerprint density at radius 3 is 2.62 bits per heavy atom. The number of nitro benzene ring substituents is 1. The van der Waals surface area contributed by atoms with Crippen molar-refractivity contribution >= 4 is 17.3 Å². The Bertz CT molecular complexity index is 707. The number of nitrogens with zero attached hydrogens (tertiary/aromatic N) is 3. The number of rotatable bonds is 3. The Morgan fingerprint density at radius 2 is 2.05 bits per heavy atom. The third-order valence-corrected chi connectivity index (χ3v) is 2.82. The van der Waals surface area contributed by atoms with Crippen LogP contribution in [0, 0.1) is 21.7 Å². The number of pyridine rings is 1. The van der Waals surface area contributed by atoms with Crippen LogP contribution in [0.25, 0.3) is 0 Å². The number of benzene rings is 1. The first-order valence-corrected chi connectivity index (χ1v) is 5.74. The van der Waals surface area contributed by atoms with Crippen LogP contribution in [0.3, 0.4) is 0 Å². The summed E-state index contributed by atoms with van der Waals surface area (Å²) in [5.41, 5.74) is -1.64. The highest BCUT2D eigenvalue weighted by Gasteiger charge is 2.28. The van der Waals surface area contributed by atoms with Gasteiger partial charge < -0.3 is 4.90 Å². The average Bonchev–Trinajstić information content (AvgIpc) is 2.46. The van der Waals surface area contributed by atoms with E-state index in [-0.39, 0.29) is 0 Å². The van der Waals surface area contributed by atoms with E-state index in [0.29, 0.717) is 17.8 Å². The SMILES string of the molecule is CN(C(=O)c1c(F)ccc([N+](=O)[O-])c1F)c1cccnc1. The zero-order chi connectivity index (χ0) is 15.6. The fourth-order valence-electron chi connectivity index (χ4n) is 1.72. The molecule has 1 aromatic carbocycles. The second-order valence-corrected chi connectivity index (χ2v) is 4.09. The molecule has 0 unspecified atom stereocenters. The van der Waals surface area contributed by atoms with E-state index in [2.05, 4.69) is 4.98 Å². The maximum absolute atomic E-state index is 14.0. The lowest BCUT2D eigenvalue weighted by atomic mass is 10.1. The maximum atomic E-state index is 14.0. The van der Waals surface area contributed by atoms with Gasteiger partial charge in [0.15, 0.2) is 0 Å². The minimum atomic E-state index is -1.50. The number of aromatic nitrogens is 1. The first-order chi connectivity index (χ1) is 9.93. The summed E-state index contributed by atoms with van der Waals surface area (Å²) in [5.74, 6) is -3.71. The van der Waals surface area contributed by atoms with E-state index in [1.54, 1.807) is 6.07 Å². The number of hydrogen-bond acceptors (Lipinski definition) is 4. The summed E-state index contributed by atoms with van der Waals surface area (Å²) in [5, 5.41) is 10.7. The van der Waals surface area contributed by atoms with Gasteiger partial charge >= 0.3 is 5.69 Å². The molecule has 1 amide bonds. The Morgan fingerprint density at radius 1 is 1.33 bits per heavy atom. The van der Waals surface area contributed by atoms with E-state index in [1.165, 1.54) is 25.5 Å². The summed E-state index contributed by atoms with van der Waals surface area (Å²) in [6.07, 6.45) is 2.79. The van der Waals surface area contributed by atoms with Gasteiger partial charge in [-0.1, -0.05) is 0 Å². The van der Waals surface area contributed by atoms with Gasteiger partial charge in [-0.3, -0.25) is 19.9 Å². The van der Waals surface area contributed by atoms with Crippen molar-refractivity contribution in [2.75, 3.05) is 11.9 Å². The third kappa shape index (κ3) is 2.69. The predicted octanol–water partition coefficient (Wildman–Crippen LogP) is 2.54. The Labute approximate surface area is 117 Å². The summed E-state index contributed by atoms with van der Waals surface area (Å²) >= 11 is 0. The van der Waals surface area contributed by atoms with E-state index in [1.807, 2.05) is 0 Å². The van der Waals surface area contributed by atoms with Crippen LogP contribution in [0.15, 0.2) is 36.7 Å². The van der Waals surface area contributed by atoms with Crippen molar-refractivity contribution in [1.29, 1.82) is 0 Å². The third-order valence-electron chi connectivity index (χ3n) is 2.82. The molecule has 0 saturated carbocycles. The van der Waals surface area contributed by atoms with Crippen molar-refractivity contribution < 1.29 is 18.5 Å². The van der Waals surface area contributed by atoms with Crippen LogP contribution in [0.2, 0.25) is 0 Å². The fourth-order valence-corrected chi connectivity index (χ4v) is 1.72. The monoisotopic (exact) mass is 293 g/mol. The lowest BCUT2D eigenvalue weighted by molar-refractivity contribution is -0.387. The summed E-state index contributed by atoms with van der Waals surface area (Å²) in [6.45, 7) is 0. The number of halogens is 2. The fraction of sp³-hybridized carbons (Fsp3) is 0.0769. The van der Waals surface area contributed by atoms with Gasteiger partial charge in [-0.15, -0.1) is 0 Å². The standard InChI is InChI=1S/C13H9F2N3O3/c1-17(8-3-2-6-16-7-8)13(19)11-9(14)4-5-10(12(11)15)18(20)21/h2-7H,1H3. The van der Waals surface area contributed by atoms with Crippen LogP contribution in [-0.4, -0.2) is 22.9 Å². The molecule has 0 N–H and O–H groups in total. The molecular formula is C13H9F2N3O3. The molecule has 0 spiro atoms. The highest BCUT2D eigenvalue weighted by Crippen LogP contribution is 2.25. The Kier molecular flexibility index (Phi) is 3.88. The number of nitro groups is 1. The lowest BCUT2D eigenvalue weighted by Gasteiger charge is -2.17. The van der Waals surface area contributed by atoms with Crippen molar-refractivity contribution in [1.82, 2.24) is 4.98 Å². The van der Waals surface area contributed by atoms with Crippen molar-refractivity contribution in [3.8, 4) is 0 Å². The number of amides is 1. The zero-order valence-electron chi connectivity index (χ0n) is 10.8. The molecule has 2 rings (SSSR count). The summed E-state index contributed by atoms with van der Waals surface area (Å²) < 4.78 is 27.7.